The molecule has 1 aromatic heterocycles. The maximum absolute atomic E-state index is 9.19. The van der Waals surface area contributed by atoms with Crippen LogP contribution in [-0.2, 0) is 12.8 Å². The molecule has 0 saturated heterocycles. The van der Waals surface area contributed by atoms with Crippen LogP contribution in [0, 0.1) is 22.7 Å². The zero-order chi connectivity index (χ0) is 14.5. The van der Waals surface area contributed by atoms with E-state index < -0.39 is 0 Å². The minimum Gasteiger partial charge on any atom is -0.396 e. The average Bonchev–Trinajstić information content (AvgIpc) is 2.46. The van der Waals surface area contributed by atoms with Gasteiger partial charge in [-0.15, -0.1) is 0 Å². The lowest BCUT2D eigenvalue weighted by Gasteiger charge is -2.09. The van der Waals surface area contributed by atoms with Gasteiger partial charge in [-0.05, 0) is 18.4 Å². The second-order valence-electron chi connectivity index (χ2n) is 4.32. The first kappa shape index (κ1) is 13.4. The summed E-state index contributed by atoms with van der Waals surface area (Å²) in [6.07, 6.45) is 1.28. The molecule has 0 unspecified atom stereocenters. The van der Waals surface area contributed by atoms with Crippen LogP contribution in [0.5, 0.6) is 0 Å². The maximum atomic E-state index is 9.19. The van der Waals surface area contributed by atoms with Crippen molar-refractivity contribution in [2.45, 2.75) is 12.8 Å². The fourth-order valence-electron chi connectivity index (χ4n) is 2.01. The fraction of sp³-hybridized carbons (Fsp3) is 0.133. The summed E-state index contributed by atoms with van der Waals surface area (Å²) in [5.41, 5.74) is 13.6. The lowest BCUT2D eigenvalue weighted by molar-refractivity contribution is 0.911. The number of hydrogen-bond acceptors (Lipinski definition) is 5. The molecular weight excluding hydrogens is 250 g/mol. The van der Waals surface area contributed by atoms with Crippen LogP contribution < -0.4 is 11.5 Å². The van der Waals surface area contributed by atoms with E-state index >= 15 is 0 Å². The first-order chi connectivity index (χ1) is 9.67. The van der Waals surface area contributed by atoms with Gasteiger partial charge in [0.25, 0.3) is 0 Å². The Bertz CT molecular complexity index is 708. The molecule has 5 heteroatoms. The highest BCUT2D eigenvalue weighted by molar-refractivity contribution is 5.71. The molecule has 1 heterocycles. The van der Waals surface area contributed by atoms with Crippen LogP contribution in [0.3, 0.4) is 0 Å². The van der Waals surface area contributed by atoms with Gasteiger partial charge in [0, 0.05) is 0 Å². The van der Waals surface area contributed by atoms with Crippen molar-refractivity contribution in [2.75, 3.05) is 11.5 Å². The SMILES string of the molecule is N#Cc1c(N)nc(CCc2ccccc2)c(C#N)c1N. The minimum atomic E-state index is 0.0741. The van der Waals surface area contributed by atoms with E-state index in [2.05, 4.69) is 4.98 Å². The molecule has 0 aliphatic rings. The number of nitriles is 2. The second-order valence-corrected chi connectivity index (χ2v) is 4.32. The molecule has 0 aliphatic heterocycles. The van der Waals surface area contributed by atoms with Crippen LogP contribution in [0.25, 0.3) is 0 Å². The number of anilines is 2. The van der Waals surface area contributed by atoms with Crippen molar-refractivity contribution in [3.8, 4) is 12.1 Å². The molecule has 4 N–H and O–H groups in total. The Balaban J connectivity index is 2.34. The Morgan fingerprint density at radius 1 is 0.950 bits per heavy atom. The summed E-state index contributed by atoms with van der Waals surface area (Å²) in [5.74, 6) is 0.0760. The van der Waals surface area contributed by atoms with E-state index in [9.17, 15) is 5.26 Å². The van der Waals surface area contributed by atoms with E-state index in [-0.39, 0.29) is 22.6 Å². The Hall–Kier alpha value is -3.05. The summed E-state index contributed by atoms with van der Waals surface area (Å²) in [7, 11) is 0. The summed E-state index contributed by atoms with van der Waals surface area (Å²) >= 11 is 0. The van der Waals surface area contributed by atoms with Crippen LogP contribution in [0.15, 0.2) is 30.3 Å². The van der Waals surface area contributed by atoms with E-state index in [0.29, 0.717) is 12.1 Å². The van der Waals surface area contributed by atoms with Crippen molar-refractivity contribution in [2.24, 2.45) is 0 Å². The minimum absolute atomic E-state index is 0.0741. The topological polar surface area (TPSA) is 113 Å². The molecule has 0 saturated carbocycles. The van der Waals surface area contributed by atoms with Gasteiger partial charge in [-0.2, -0.15) is 10.5 Å². The van der Waals surface area contributed by atoms with Crippen LogP contribution in [-0.4, -0.2) is 4.98 Å². The van der Waals surface area contributed by atoms with Crippen LogP contribution in [0.4, 0.5) is 11.5 Å². The Morgan fingerprint density at radius 3 is 2.20 bits per heavy atom. The molecule has 0 fully saturated rings. The molecule has 0 aliphatic carbocycles. The largest absolute Gasteiger partial charge is 0.396 e. The molecule has 1 aromatic carbocycles. The molecule has 0 atom stereocenters. The molecule has 0 radical (unpaired) electrons. The third kappa shape index (κ3) is 2.52. The van der Waals surface area contributed by atoms with Crippen molar-refractivity contribution in [1.29, 1.82) is 10.5 Å². The number of aryl methyl sites for hydroxylation is 2. The molecule has 2 aromatic rings. The smallest absolute Gasteiger partial charge is 0.143 e. The van der Waals surface area contributed by atoms with E-state index in [1.54, 1.807) is 0 Å². The lowest BCUT2D eigenvalue weighted by Crippen LogP contribution is -2.08. The van der Waals surface area contributed by atoms with Gasteiger partial charge in [0.1, 0.15) is 23.5 Å². The summed E-state index contributed by atoms with van der Waals surface area (Å²) < 4.78 is 0. The first-order valence-electron chi connectivity index (χ1n) is 6.09. The molecular formula is C15H13N5. The third-order valence-electron chi connectivity index (χ3n) is 3.06. The standard InChI is InChI=1S/C15H13N5/c16-8-11-13(7-6-10-4-2-1-3-5-10)20-15(19)12(9-17)14(11)18/h1-5H,6-7H2,(H4,18,19,20). The fourth-order valence-corrected chi connectivity index (χ4v) is 2.01. The van der Waals surface area contributed by atoms with Crippen LogP contribution in [0.1, 0.15) is 22.4 Å². The highest BCUT2D eigenvalue weighted by atomic mass is 14.9. The zero-order valence-corrected chi connectivity index (χ0v) is 10.8. The summed E-state index contributed by atoms with van der Waals surface area (Å²) in [6.45, 7) is 0. The number of aromatic nitrogens is 1. The summed E-state index contributed by atoms with van der Waals surface area (Å²) in [6, 6.07) is 13.7. The van der Waals surface area contributed by atoms with Crippen molar-refractivity contribution < 1.29 is 0 Å². The zero-order valence-electron chi connectivity index (χ0n) is 10.8. The van der Waals surface area contributed by atoms with Crippen LogP contribution >= 0.6 is 0 Å². The maximum Gasteiger partial charge on any atom is 0.143 e. The van der Waals surface area contributed by atoms with E-state index in [1.807, 2.05) is 42.5 Å². The van der Waals surface area contributed by atoms with Crippen LogP contribution in [0.2, 0.25) is 0 Å². The molecule has 0 amide bonds. The first-order valence-corrected chi connectivity index (χ1v) is 6.09. The normalized spacial score (nSPS) is 9.70. The third-order valence-corrected chi connectivity index (χ3v) is 3.06. The molecule has 20 heavy (non-hydrogen) atoms. The van der Waals surface area contributed by atoms with Gasteiger partial charge in [-0.3, -0.25) is 0 Å². The van der Waals surface area contributed by atoms with Gasteiger partial charge in [-0.25, -0.2) is 4.98 Å². The number of rotatable bonds is 3. The Kier molecular flexibility index (Phi) is 3.83. The van der Waals surface area contributed by atoms with Gasteiger partial charge in [0.05, 0.1) is 16.9 Å². The number of benzene rings is 1. The average molecular weight is 263 g/mol. The van der Waals surface area contributed by atoms with Gasteiger partial charge in [-0.1, -0.05) is 30.3 Å². The van der Waals surface area contributed by atoms with Crippen molar-refractivity contribution in [1.82, 2.24) is 4.98 Å². The van der Waals surface area contributed by atoms with Crippen molar-refractivity contribution in [3.63, 3.8) is 0 Å². The van der Waals surface area contributed by atoms with E-state index in [1.165, 1.54) is 0 Å². The lowest BCUT2D eigenvalue weighted by atomic mass is 10.0. The van der Waals surface area contributed by atoms with Gasteiger partial charge >= 0.3 is 0 Å². The number of hydrogen-bond donors (Lipinski definition) is 2. The molecule has 5 nitrogen and oxygen atoms in total. The number of nitrogens with zero attached hydrogens (tertiary/aromatic N) is 3. The number of nitrogen functional groups attached to an aromatic ring is 2. The molecule has 98 valence electrons. The van der Waals surface area contributed by atoms with E-state index in [4.69, 9.17) is 16.7 Å². The molecule has 0 spiro atoms. The highest BCUT2D eigenvalue weighted by Gasteiger charge is 2.15. The van der Waals surface area contributed by atoms with E-state index in [0.717, 1.165) is 12.0 Å². The molecule has 2 rings (SSSR count). The van der Waals surface area contributed by atoms with Crippen molar-refractivity contribution in [3.05, 3.63) is 52.7 Å². The van der Waals surface area contributed by atoms with Gasteiger partial charge in [0.15, 0.2) is 0 Å². The predicted molar refractivity (Wildman–Crippen MR) is 76.3 cm³/mol. The highest BCUT2D eigenvalue weighted by Crippen LogP contribution is 2.24. The van der Waals surface area contributed by atoms with Gasteiger partial charge < -0.3 is 11.5 Å². The number of pyridine rings is 1. The number of nitrogens with two attached hydrogens (primary N) is 2. The molecule has 0 bridgehead atoms. The summed E-state index contributed by atoms with van der Waals surface area (Å²) in [5, 5.41) is 18.1. The van der Waals surface area contributed by atoms with Crippen molar-refractivity contribution >= 4 is 11.5 Å². The summed E-state index contributed by atoms with van der Waals surface area (Å²) in [4.78, 5) is 4.14. The monoisotopic (exact) mass is 263 g/mol. The van der Waals surface area contributed by atoms with Gasteiger partial charge in [0.2, 0.25) is 0 Å². The Morgan fingerprint density at radius 2 is 1.60 bits per heavy atom. The predicted octanol–water partition coefficient (Wildman–Crippen LogP) is 1.77. The Labute approximate surface area is 117 Å². The second kappa shape index (κ2) is 5.73. The quantitative estimate of drug-likeness (QED) is 0.876.